The number of benzene rings is 2. The molecule has 0 spiro atoms. The summed E-state index contributed by atoms with van der Waals surface area (Å²) < 4.78 is 15.8. The Kier molecular flexibility index (Phi) is 14.2. The number of hydrogen-bond donors (Lipinski definition) is 4. The topological polar surface area (TPSA) is 156 Å². The van der Waals surface area contributed by atoms with Crippen LogP contribution in [0.4, 0.5) is 25.8 Å². The van der Waals surface area contributed by atoms with E-state index in [1.54, 1.807) is 53.7 Å². The van der Waals surface area contributed by atoms with E-state index in [-0.39, 0.29) is 11.9 Å². The monoisotopic (exact) mass is 653 g/mol. The van der Waals surface area contributed by atoms with Crippen molar-refractivity contribution in [2.24, 2.45) is 4.99 Å². The van der Waals surface area contributed by atoms with Crippen molar-refractivity contribution in [3.63, 3.8) is 0 Å². The molecule has 0 saturated heterocycles. The number of amides is 4. The number of carbonyl (C=O) groups excluding carboxylic acids is 4. The van der Waals surface area contributed by atoms with Crippen LogP contribution in [0.25, 0.3) is 0 Å². The summed E-state index contributed by atoms with van der Waals surface area (Å²) in [7, 11) is 0. The van der Waals surface area contributed by atoms with E-state index in [9.17, 15) is 19.2 Å². The number of carbonyl (C=O) groups is 4. The minimum absolute atomic E-state index is 0.0801. The number of nitrogens with one attached hydrogen (secondary N) is 4. The molecule has 2 rings (SSSR count). The molecule has 0 radical (unpaired) electrons. The Morgan fingerprint density at radius 2 is 1.06 bits per heavy atom. The number of ether oxygens (including phenoxy) is 3. The Hall–Kier alpha value is -4.61. The first kappa shape index (κ1) is 38.6. The third-order valence-corrected chi connectivity index (χ3v) is 5.85. The van der Waals surface area contributed by atoms with Gasteiger partial charge in [-0.05, 0) is 123 Å². The van der Waals surface area contributed by atoms with Crippen LogP contribution in [0, 0.1) is 0 Å². The van der Waals surface area contributed by atoms with Crippen LogP contribution in [0.15, 0.2) is 53.5 Å². The summed E-state index contributed by atoms with van der Waals surface area (Å²) >= 11 is 0. The molecule has 0 fully saturated rings. The van der Waals surface area contributed by atoms with Crippen molar-refractivity contribution in [1.82, 2.24) is 16.0 Å². The van der Waals surface area contributed by atoms with E-state index in [2.05, 4.69) is 26.3 Å². The molecular formula is C35H51N5O7. The number of hydrogen-bond acceptors (Lipinski definition) is 8. The number of alkyl carbamates (subject to hydrolysis) is 3. The molecule has 0 aliphatic heterocycles. The van der Waals surface area contributed by atoms with E-state index in [0.717, 1.165) is 29.7 Å². The number of aliphatic imine (C=N–C) groups is 1. The molecule has 0 atom stereocenters. The number of rotatable bonds is 10. The van der Waals surface area contributed by atoms with Crippen LogP contribution in [-0.4, -0.2) is 53.5 Å². The average molecular weight is 654 g/mol. The molecule has 47 heavy (non-hydrogen) atoms. The number of unbranched alkanes of at least 4 members (excludes halogenated alkanes) is 1. The molecule has 0 aliphatic rings. The molecule has 0 heterocycles. The summed E-state index contributed by atoms with van der Waals surface area (Å²) in [6.07, 6.45) is 1.24. The highest BCUT2D eigenvalue weighted by Gasteiger charge is 2.21. The summed E-state index contributed by atoms with van der Waals surface area (Å²) in [6, 6.07) is 15.2. The van der Waals surface area contributed by atoms with Crippen LogP contribution >= 0.6 is 0 Å². The number of aryl methyl sites for hydroxylation is 2. The van der Waals surface area contributed by atoms with Crippen LogP contribution in [0.2, 0.25) is 0 Å². The van der Waals surface area contributed by atoms with Gasteiger partial charge in [0.05, 0.1) is 5.69 Å². The van der Waals surface area contributed by atoms with Crippen molar-refractivity contribution >= 4 is 41.5 Å². The third-order valence-electron chi connectivity index (χ3n) is 5.85. The molecule has 0 unspecified atom stereocenters. The maximum absolute atomic E-state index is 12.3. The lowest BCUT2D eigenvalue weighted by Crippen LogP contribution is -2.47. The highest BCUT2D eigenvalue weighted by atomic mass is 16.6. The molecule has 12 nitrogen and oxygen atoms in total. The summed E-state index contributed by atoms with van der Waals surface area (Å²) in [6.45, 7) is 16.3. The predicted octanol–water partition coefficient (Wildman–Crippen LogP) is 7.14. The van der Waals surface area contributed by atoms with Crippen molar-refractivity contribution in [2.75, 3.05) is 11.9 Å². The lowest BCUT2D eigenvalue weighted by Gasteiger charge is -2.22. The van der Waals surface area contributed by atoms with Gasteiger partial charge in [0, 0.05) is 18.7 Å². The van der Waals surface area contributed by atoms with Crippen LogP contribution in [0.5, 0.6) is 0 Å². The second-order valence-corrected chi connectivity index (χ2v) is 14.0. The predicted molar refractivity (Wildman–Crippen MR) is 183 cm³/mol. The summed E-state index contributed by atoms with van der Waals surface area (Å²) in [5.74, 6) is -0.202. The fourth-order valence-electron chi connectivity index (χ4n) is 3.94. The molecule has 0 aromatic heterocycles. The first-order valence-corrected chi connectivity index (χ1v) is 15.8. The van der Waals surface area contributed by atoms with Crippen LogP contribution < -0.4 is 21.3 Å². The van der Waals surface area contributed by atoms with Gasteiger partial charge in [-0.25, -0.2) is 19.4 Å². The summed E-state index contributed by atoms with van der Waals surface area (Å²) in [5, 5.41) is 10.5. The zero-order valence-electron chi connectivity index (χ0n) is 29.2. The minimum atomic E-state index is -0.765. The number of anilines is 1. The maximum atomic E-state index is 12.3. The first-order chi connectivity index (χ1) is 21.8. The second-order valence-electron chi connectivity index (χ2n) is 14.0. The Bertz CT molecular complexity index is 1340. The zero-order chi connectivity index (χ0) is 35.3. The van der Waals surface area contributed by atoms with Gasteiger partial charge in [-0.1, -0.05) is 24.3 Å². The van der Waals surface area contributed by atoms with E-state index >= 15 is 0 Å². The fourth-order valence-corrected chi connectivity index (χ4v) is 3.94. The average Bonchev–Trinajstić information content (AvgIpc) is 2.90. The molecular weight excluding hydrogens is 602 g/mol. The molecule has 12 heteroatoms. The van der Waals surface area contributed by atoms with Crippen molar-refractivity contribution in [2.45, 2.75) is 111 Å². The van der Waals surface area contributed by atoms with Gasteiger partial charge >= 0.3 is 18.3 Å². The number of guanidine groups is 1. The largest absolute Gasteiger partial charge is 0.444 e. The lowest BCUT2D eigenvalue weighted by atomic mass is 10.0. The van der Waals surface area contributed by atoms with Crippen molar-refractivity contribution in [3.05, 3.63) is 59.7 Å². The van der Waals surface area contributed by atoms with Crippen molar-refractivity contribution < 1.29 is 33.4 Å². The minimum Gasteiger partial charge on any atom is -0.444 e. The summed E-state index contributed by atoms with van der Waals surface area (Å²) in [5.41, 5.74) is 1.41. The quantitative estimate of drug-likeness (QED) is 0.0919. The molecule has 258 valence electrons. The van der Waals surface area contributed by atoms with Crippen LogP contribution in [0.3, 0.4) is 0 Å². The fraction of sp³-hybridized carbons (Fsp3) is 0.514. The maximum Gasteiger partial charge on any atom is 0.414 e. The van der Waals surface area contributed by atoms with E-state index in [1.807, 2.05) is 57.2 Å². The zero-order valence-corrected chi connectivity index (χ0v) is 29.2. The van der Waals surface area contributed by atoms with Gasteiger partial charge in [-0.2, -0.15) is 0 Å². The SMILES string of the molecule is CC(C)(C)OC(=O)NCCCCC(=O)Nc1ccc(CCc2ccc(N=C(NC(=O)OC(C)(C)C)NC(=O)OC(C)(C)C)cc2)cc1. The van der Waals surface area contributed by atoms with Gasteiger partial charge in [0.1, 0.15) is 16.8 Å². The Labute approximate surface area is 278 Å². The van der Waals surface area contributed by atoms with Gasteiger partial charge in [-0.15, -0.1) is 0 Å². The van der Waals surface area contributed by atoms with Gasteiger partial charge in [0.25, 0.3) is 0 Å². The van der Waals surface area contributed by atoms with Gasteiger partial charge in [-0.3, -0.25) is 15.4 Å². The van der Waals surface area contributed by atoms with Gasteiger partial charge in [0.15, 0.2) is 0 Å². The number of nitrogens with zero attached hydrogens (tertiary/aromatic N) is 1. The Morgan fingerprint density at radius 3 is 1.53 bits per heavy atom. The highest BCUT2D eigenvalue weighted by molar-refractivity contribution is 6.02. The van der Waals surface area contributed by atoms with Crippen molar-refractivity contribution in [1.29, 1.82) is 0 Å². The molecule has 4 N–H and O–H groups in total. The lowest BCUT2D eigenvalue weighted by molar-refractivity contribution is -0.116. The third kappa shape index (κ3) is 18.2. The molecule has 2 aromatic rings. The van der Waals surface area contributed by atoms with Gasteiger partial charge < -0.3 is 24.8 Å². The molecule has 4 amide bonds. The first-order valence-electron chi connectivity index (χ1n) is 15.8. The normalized spacial score (nSPS) is 11.5. The van der Waals surface area contributed by atoms with Crippen LogP contribution in [0.1, 0.15) is 92.7 Å². The smallest absolute Gasteiger partial charge is 0.414 e. The molecule has 2 aromatic carbocycles. The van der Waals surface area contributed by atoms with Crippen LogP contribution in [-0.2, 0) is 31.8 Å². The van der Waals surface area contributed by atoms with E-state index in [0.29, 0.717) is 31.5 Å². The van der Waals surface area contributed by atoms with E-state index in [1.165, 1.54) is 0 Å². The molecule has 0 aliphatic carbocycles. The molecule has 0 bridgehead atoms. The van der Waals surface area contributed by atoms with E-state index < -0.39 is 35.1 Å². The summed E-state index contributed by atoms with van der Waals surface area (Å²) in [4.78, 5) is 53.1. The van der Waals surface area contributed by atoms with Gasteiger partial charge in [0.2, 0.25) is 11.9 Å². The highest BCUT2D eigenvalue weighted by Crippen LogP contribution is 2.17. The second kappa shape index (κ2) is 17.3. The Balaban J connectivity index is 1.87. The molecule has 0 saturated carbocycles. The Morgan fingerprint density at radius 1 is 0.617 bits per heavy atom. The van der Waals surface area contributed by atoms with E-state index in [4.69, 9.17) is 14.2 Å². The standard InChI is InChI=1S/C35H51N5O7/c1-33(2,3)45-30(42)36-23-11-10-12-28(41)37-26-19-15-24(16-20-26)13-14-25-17-21-27(22-18-25)38-29(39-31(43)46-34(4,5)6)40-32(44)47-35(7,8)9/h15-22H,10-14,23H2,1-9H3,(H,36,42)(H,37,41)(H2,38,39,40,43,44). The van der Waals surface area contributed by atoms with Crippen molar-refractivity contribution in [3.8, 4) is 0 Å².